The van der Waals surface area contributed by atoms with Crippen LogP contribution in [0.5, 0.6) is 23.0 Å². The molecule has 178 valence electrons. The molecule has 35 heavy (non-hydrogen) atoms. The van der Waals surface area contributed by atoms with Crippen LogP contribution in [0.15, 0.2) is 72.8 Å². The van der Waals surface area contributed by atoms with Gasteiger partial charge in [0.15, 0.2) is 23.0 Å². The van der Waals surface area contributed by atoms with Gasteiger partial charge in [0.05, 0.1) is 45.5 Å². The highest BCUT2D eigenvalue weighted by molar-refractivity contribution is 5.74. The van der Waals surface area contributed by atoms with Crippen LogP contribution in [0.4, 0.5) is 0 Å². The van der Waals surface area contributed by atoms with E-state index in [1.165, 1.54) is 0 Å². The highest BCUT2D eigenvalue weighted by Gasteiger charge is 2.08. The third kappa shape index (κ3) is 5.55. The molecule has 3 aromatic carbocycles. The molecule has 0 atom stereocenters. The Bertz CT molecular complexity index is 1340. The van der Waals surface area contributed by atoms with Crippen LogP contribution in [0, 0.1) is 0 Å². The highest BCUT2D eigenvalue weighted by atomic mass is 16.5. The van der Waals surface area contributed by atoms with Crippen molar-refractivity contribution in [2.24, 2.45) is 0 Å². The molecule has 0 spiro atoms. The lowest BCUT2D eigenvalue weighted by Gasteiger charge is -2.08. The van der Waals surface area contributed by atoms with E-state index in [-0.39, 0.29) is 0 Å². The maximum absolute atomic E-state index is 5.43. The fourth-order valence-electron chi connectivity index (χ4n) is 3.67. The van der Waals surface area contributed by atoms with Crippen molar-refractivity contribution in [3.05, 3.63) is 95.3 Å². The van der Waals surface area contributed by atoms with E-state index in [1.54, 1.807) is 28.4 Å². The molecule has 0 amide bonds. The number of aromatic nitrogens is 2. The van der Waals surface area contributed by atoms with Crippen LogP contribution in [-0.4, -0.2) is 38.2 Å². The predicted octanol–water partition coefficient (Wildman–Crippen LogP) is 6.25. The average Bonchev–Trinajstić information content (AvgIpc) is 3.33. The van der Waals surface area contributed by atoms with Crippen molar-refractivity contribution in [3.63, 3.8) is 0 Å². The van der Waals surface area contributed by atoms with E-state index >= 15 is 0 Å². The standard InChI is InChI=1S/C29H28N2O4/c1-32-26-16-12-21(18-28(26)34-3)10-14-23-20-25(31(30-23)24-8-6-5-7-9-24)15-11-22-13-17-27(33-2)29(19-22)35-4/h5-20H,1-4H3. The summed E-state index contributed by atoms with van der Waals surface area (Å²) < 4.78 is 23.4. The summed E-state index contributed by atoms with van der Waals surface area (Å²) in [7, 11) is 6.51. The van der Waals surface area contributed by atoms with E-state index in [0.717, 1.165) is 28.2 Å². The number of benzene rings is 3. The molecule has 0 radical (unpaired) electrons. The lowest BCUT2D eigenvalue weighted by Crippen LogP contribution is -1.98. The first kappa shape index (κ1) is 23.7. The van der Waals surface area contributed by atoms with Crippen molar-refractivity contribution in [1.29, 1.82) is 0 Å². The van der Waals surface area contributed by atoms with Gasteiger partial charge in [-0.2, -0.15) is 5.10 Å². The topological polar surface area (TPSA) is 54.7 Å². The Morgan fingerprint density at radius 3 is 1.66 bits per heavy atom. The normalized spacial score (nSPS) is 11.2. The summed E-state index contributed by atoms with van der Waals surface area (Å²) in [5.41, 5.74) is 4.73. The average molecular weight is 469 g/mol. The third-order valence-corrected chi connectivity index (χ3v) is 5.46. The Kier molecular flexibility index (Phi) is 7.53. The number of ether oxygens (including phenoxy) is 4. The van der Waals surface area contributed by atoms with Crippen LogP contribution < -0.4 is 18.9 Å². The summed E-state index contributed by atoms with van der Waals surface area (Å²) in [5.74, 6) is 2.76. The van der Waals surface area contributed by atoms with E-state index in [4.69, 9.17) is 24.0 Å². The molecule has 6 heteroatoms. The Morgan fingerprint density at radius 1 is 0.571 bits per heavy atom. The van der Waals surface area contributed by atoms with Gasteiger partial charge in [-0.3, -0.25) is 0 Å². The van der Waals surface area contributed by atoms with Crippen LogP contribution in [0.1, 0.15) is 22.5 Å². The fourth-order valence-corrected chi connectivity index (χ4v) is 3.67. The molecule has 4 rings (SSSR count). The van der Waals surface area contributed by atoms with Crippen molar-refractivity contribution >= 4 is 24.3 Å². The summed E-state index contributed by atoms with van der Waals surface area (Å²) in [6.07, 6.45) is 8.05. The van der Waals surface area contributed by atoms with Gasteiger partial charge in [0.1, 0.15) is 0 Å². The zero-order valence-corrected chi connectivity index (χ0v) is 20.3. The van der Waals surface area contributed by atoms with Gasteiger partial charge in [0.25, 0.3) is 0 Å². The minimum absolute atomic E-state index is 0.683. The molecule has 0 saturated carbocycles. The summed E-state index contributed by atoms with van der Waals surface area (Å²) in [6, 6.07) is 23.7. The van der Waals surface area contributed by atoms with E-state index in [1.807, 2.05) is 102 Å². The van der Waals surface area contributed by atoms with Gasteiger partial charge in [0, 0.05) is 0 Å². The Morgan fingerprint density at radius 2 is 1.11 bits per heavy atom. The second-order valence-corrected chi connectivity index (χ2v) is 7.64. The number of hydrogen-bond donors (Lipinski definition) is 0. The summed E-state index contributed by atoms with van der Waals surface area (Å²) in [4.78, 5) is 0. The van der Waals surface area contributed by atoms with Crippen LogP contribution in [0.3, 0.4) is 0 Å². The maximum atomic E-state index is 5.43. The Balaban J connectivity index is 1.67. The molecule has 1 aromatic heterocycles. The molecule has 1 heterocycles. The number of nitrogens with zero attached hydrogens (tertiary/aromatic N) is 2. The van der Waals surface area contributed by atoms with Gasteiger partial charge < -0.3 is 18.9 Å². The number of methoxy groups -OCH3 is 4. The number of hydrogen-bond acceptors (Lipinski definition) is 5. The third-order valence-electron chi connectivity index (χ3n) is 5.46. The first-order valence-electron chi connectivity index (χ1n) is 11.1. The maximum Gasteiger partial charge on any atom is 0.161 e. The molecule has 0 aliphatic carbocycles. The first-order valence-corrected chi connectivity index (χ1v) is 11.1. The van der Waals surface area contributed by atoms with Crippen molar-refractivity contribution in [2.75, 3.05) is 28.4 Å². The van der Waals surface area contributed by atoms with Crippen molar-refractivity contribution < 1.29 is 18.9 Å². The second-order valence-electron chi connectivity index (χ2n) is 7.64. The minimum Gasteiger partial charge on any atom is -0.493 e. The SMILES string of the molecule is COc1ccc(C=Cc2cc(C=Cc3ccc(OC)c(OC)c3)n(-c3ccccc3)n2)cc1OC. The molecular weight excluding hydrogens is 440 g/mol. The molecule has 4 aromatic rings. The highest BCUT2D eigenvalue weighted by Crippen LogP contribution is 2.29. The number of para-hydroxylation sites is 1. The van der Waals surface area contributed by atoms with Gasteiger partial charge in [-0.15, -0.1) is 0 Å². The minimum atomic E-state index is 0.683. The van der Waals surface area contributed by atoms with Crippen LogP contribution in [-0.2, 0) is 0 Å². The molecule has 0 unspecified atom stereocenters. The fraction of sp³-hybridized carbons (Fsp3) is 0.138. The predicted molar refractivity (Wildman–Crippen MR) is 141 cm³/mol. The van der Waals surface area contributed by atoms with Gasteiger partial charge in [-0.05, 0) is 65.7 Å². The lowest BCUT2D eigenvalue weighted by molar-refractivity contribution is 0.355. The lowest BCUT2D eigenvalue weighted by atomic mass is 10.1. The number of rotatable bonds is 9. The molecular formula is C29H28N2O4. The van der Waals surface area contributed by atoms with Crippen LogP contribution >= 0.6 is 0 Å². The summed E-state index contributed by atoms with van der Waals surface area (Å²) in [6.45, 7) is 0. The van der Waals surface area contributed by atoms with Crippen molar-refractivity contribution in [1.82, 2.24) is 9.78 Å². The Hall–Kier alpha value is -4.45. The van der Waals surface area contributed by atoms with Crippen molar-refractivity contribution in [2.45, 2.75) is 0 Å². The van der Waals surface area contributed by atoms with E-state index < -0.39 is 0 Å². The zero-order chi connectivity index (χ0) is 24.6. The van der Waals surface area contributed by atoms with Gasteiger partial charge in [-0.25, -0.2) is 4.68 Å². The summed E-state index contributed by atoms with van der Waals surface area (Å²) >= 11 is 0. The Labute approximate surface area is 205 Å². The van der Waals surface area contributed by atoms with E-state index in [2.05, 4.69) is 0 Å². The van der Waals surface area contributed by atoms with E-state index in [9.17, 15) is 0 Å². The van der Waals surface area contributed by atoms with E-state index in [0.29, 0.717) is 23.0 Å². The molecule has 6 nitrogen and oxygen atoms in total. The molecule has 0 aliphatic rings. The largest absolute Gasteiger partial charge is 0.493 e. The van der Waals surface area contributed by atoms with Crippen LogP contribution in [0.25, 0.3) is 30.0 Å². The smallest absolute Gasteiger partial charge is 0.161 e. The zero-order valence-electron chi connectivity index (χ0n) is 20.3. The summed E-state index contributed by atoms with van der Waals surface area (Å²) in [5, 5.41) is 4.82. The van der Waals surface area contributed by atoms with Gasteiger partial charge in [-0.1, -0.05) is 42.5 Å². The van der Waals surface area contributed by atoms with Crippen LogP contribution in [0.2, 0.25) is 0 Å². The first-order chi connectivity index (χ1) is 17.1. The molecule has 0 aliphatic heterocycles. The second kappa shape index (κ2) is 11.1. The quantitative estimate of drug-likeness (QED) is 0.291. The molecule has 0 bridgehead atoms. The van der Waals surface area contributed by atoms with Gasteiger partial charge in [0.2, 0.25) is 0 Å². The van der Waals surface area contributed by atoms with Gasteiger partial charge >= 0.3 is 0 Å². The van der Waals surface area contributed by atoms with Crippen molar-refractivity contribution in [3.8, 4) is 28.7 Å². The molecule has 0 N–H and O–H groups in total. The molecule has 0 saturated heterocycles. The monoisotopic (exact) mass is 468 g/mol. The molecule has 0 fully saturated rings.